The highest BCUT2D eigenvalue weighted by Gasteiger charge is 2.31. The van der Waals surface area contributed by atoms with Gasteiger partial charge < -0.3 is 4.52 Å². The van der Waals surface area contributed by atoms with E-state index in [1.807, 2.05) is 0 Å². The van der Waals surface area contributed by atoms with Gasteiger partial charge in [-0.15, -0.1) is 0 Å². The first-order valence-corrected chi connectivity index (χ1v) is 11.4. The van der Waals surface area contributed by atoms with Crippen LogP contribution in [0.5, 0.6) is 0 Å². The van der Waals surface area contributed by atoms with Crippen molar-refractivity contribution in [2.75, 3.05) is 0 Å². The van der Waals surface area contributed by atoms with Gasteiger partial charge in [-0.3, -0.25) is 4.79 Å². The van der Waals surface area contributed by atoms with Crippen molar-refractivity contribution in [3.63, 3.8) is 0 Å². The van der Waals surface area contributed by atoms with Crippen LogP contribution >= 0.6 is 0 Å². The van der Waals surface area contributed by atoms with Gasteiger partial charge in [0, 0.05) is 12.1 Å². The van der Waals surface area contributed by atoms with E-state index in [9.17, 15) is 13.2 Å². The molecule has 0 atom stereocenters. The monoisotopic (exact) mass is 406 g/mol. The molecule has 2 heterocycles. The van der Waals surface area contributed by atoms with E-state index in [1.54, 1.807) is 24.6 Å². The molecule has 28 heavy (non-hydrogen) atoms. The van der Waals surface area contributed by atoms with E-state index in [0.29, 0.717) is 24.3 Å². The Morgan fingerprint density at radius 1 is 1.14 bits per heavy atom. The lowest BCUT2D eigenvalue weighted by molar-refractivity contribution is 0.282. The van der Waals surface area contributed by atoms with Crippen molar-refractivity contribution in [3.05, 3.63) is 39.1 Å². The maximum Gasteiger partial charge on any atom is 0.267 e. The summed E-state index contributed by atoms with van der Waals surface area (Å²) in [7, 11) is -3.67. The van der Waals surface area contributed by atoms with Gasteiger partial charge in [0.15, 0.2) is 5.76 Å². The Balaban J connectivity index is 1.45. The highest BCUT2D eigenvalue weighted by Crippen LogP contribution is 2.29. The van der Waals surface area contributed by atoms with E-state index in [4.69, 9.17) is 4.52 Å². The van der Waals surface area contributed by atoms with Gasteiger partial charge in [0.05, 0.1) is 11.7 Å². The fourth-order valence-corrected chi connectivity index (χ4v) is 6.05. The second kappa shape index (κ2) is 7.44. The Hall–Kier alpha value is -2.00. The van der Waals surface area contributed by atoms with Crippen LogP contribution < -0.4 is 10.3 Å². The molecule has 0 aromatic carbocycles. The summed E-state index contributed by atoms with van der Waals surface area (Å²) >= 11 is 0. The van der Waals surface area contributed by atoms with E-state index < -0.39 is 10.0 Å². The summed E-state index contributed by atoms with van der Waals surface area (Å²) in [5.41, 5.74) is 2.46. The minimum Gasteiger partial charge on any atom is -0.360 e. The van der Waals surface area contributed by atoms with E-state index in [1.165, 1.54) is 0 Å². The standard InChI is InChI=1S/C19H26N4O4S/c1-12-19(13(2)27-21-12)28(25,26)22-15-7-9-16(10-8-15)23-18(24)11-14-5-3-4-6-17(14)20-23/h11,15-16,22H,3-10H2,1-2H3. The summed E-state index contributed by atoms with van der Waals surface area (Å²) in [5, 5.41) is 8.38. The number of rotatable bonds is 4. The molecule has 1 saturated carbocycles. The van der Waals surface area contributed by atoms with Crippen LogP contribution in [0.3, 0.4) is 0 Å². The minimum absolute atomic E-state index is 0.0274. The van der Waals surface area contributed by atoms with Gasteiger partial charge in [-0.1, -0.05) is 5.16 Å². The fraction of sp³-hybridized carbons (Fsp3) is 0.632. The Morgan fingerprint density at radius 3 is 2.54 bits per heavy atom. The number of nitrogens with one attached hydrogen (secondary N) is 1. The third-order valence-corrected chi connectivity index (χ3v) is 7.60. The van der Waals surface area contributed by atoms with Crippen LogP contribution in [0.4, 0.5) is 0 Å². The zero-order valence-electron chi connectivity index (χ0n) is 16.3. The molecule has 8 nitrogen and oxygen atoms in total. The molecule has 0 unspecified atom stereocenters. The van der Waals surface area contributed by atoms with Crippen LogP contribution in [0.25, 0.3) is 0 Å². The van der Waals surface area contributed by atoms with Crippen molar-refractivity contribution in [2.45, 2.75) is 82.2 Å². The highest BCUT2D eigenvalue weighted by molar-refractivity contribution is 7.89. The van der Waals surface area contributed by atoms with Gasteiger partial charge in [-0.2, -0.15) is 5.10 Å². The summed E-state index contributed by atoms with van der Waals surface area (Å²) < 4.78 is 34.8. The molecule has 4 rings (SSSR count). The van der Waals surface area contributed by atoms with Crippen LogP contribution in [-0.2, 0) is 22.9 Å². The highest BCUT2D eigenvalue weighted by atomic mass is 32.2. The third kappa shape index (κ3) is 3.65. The van der Waals surface area contributed by atoms with Crippen molar-refractivity contribution in [1.82, 2.24) is 19.7 Å². The summed E-state index contributed by atoms with van der Waals surface area (Å²) in [6, 6.07) is 1.61. The number of hydrogen-bond acceptors (Lipinski definition) is 6. The molecule has 152 valence electrons. The topological polar surface area (TPSA) is 107 Å². The lowest BCUT2D eigenvalue weighted by Gasteiger charge is -2.30. The van der Waals surface area contributed by atoms with Gasteiger partial charge in [0.2, 0.25) is 10.0 Å². The lowest BCUT2D eigenvalue weighted by Crippen LogP contribution is -2.40. The van der Waals surface area contributed by atoms with E-state index in [2.05, 4.69) is 15.0 Å². The summed E-state index contributed by atoms with van der Waals surface area (Å²) in [4.78, 5) is 12.6. The largest absolute Gasteiger partial charge is 0.360 e. The Labute approximate surface area is 164 Å². The zero-order chi connectivity index (χ0) is 19.9. The SMILES string of the molecule is Cc1noc(C)c1S(=O)(=O)NC1CCC(n2nc3c(cc2=O)CCCC3)CC1. The number of aryl methyl sites for hydroxylation is 4. The first-order valence-electron chi connectivity index (χ1n) is 9.92. The van der Waals surface area contributed by atoms with Gasteiger partial charge in [0.25, 0.3) is 5.56 Å². The summed E-state index contributed by atoms with van der Waals surface area (Å²) in [6.45, 7) is 3.22. The van der Waals surface area contributed by atoms with Crippen LogP contribution in [0.2, 0.25) is 0 Å². The van der Waals surface area contributed by atoms with Crippen molar-refractivity contribution in [3.8, 4) is 0 Å². The smallest absolute Gasteiger partial charge is 0.267 e. The van der Waals surface area contributed by atoms with Gasteiger partial charge in [0.1, 0.15) is 10.6 Å². The average molecular weight is 407 g/mol. The second-order valence-corrected chi connectivity index (χ2v) is 9.54. The summed E-state index contributed by atoms with van der Waals surface area (Å²) in [6.07, 6.45) is 6.89. The first kappa shape index (κ1) is 19.3. The molecule has 0 spiro atoms. The number of sulfonamides is 1. The molecule has 0 amide bonds. The molecule has 2 aliphatic carbocycles. The molecular formula is C19H26N4O4S. The quantitative estimate of drug-likeness (QED) is 0.834. The Bertz CT molecular complexity index is 1010. The molecule has 0 aliphatic heterocycles. The minimum atomic E-state index is -3.67. The number of nitrogens with zero attached hydrogens (tertiary/aromatic N) is 3. The summed E-state index contributed by atoms with van der Waals surface area (Å²) in [5.74, 6) is 0.295. The maximum atomic E-state index is 12.7. The van der Waals surface area contributed by atoms with Crippen molar-refractivity contribution >= 4 is 10.0 Å². The van der Waals surface area contributed by atoms with Gasteiger partial charge >= 0.3 is 0 Å². The van der Waals surface area contributed by atoms with E-state index >= 15 is 0 Å². The predicted molar refractivity (Wildman–Crippen MR) is 103 cm³/mol. The Kier molecular flexibility index (Phi) is 5.13. The molecular weight excluding hydrogens is 380 g/mol. The molecule has 0 saturated heterocycles. The van der Waals surface area contributed by atoms with Gasteiger partial charge in [-0.05, 0) is 70.8 Å². The van der Waals surface area contributed by atoms with Crippen molar-refractivity contribution in [1.29, 1.82) is 0 Å². The lowest BCUT2D eigenvalue weighted by atomic mass is 9.91. The average Bonchev–Trinajstić information content (AvgIpc) is 3.01. The maximum absolute atomic E-state index is 12.7. The van der Waals surface area contributed by atoms with Crippen molar-refractivity contribution in [2.24, 2.45) is 0 Å². The predicted octanol–water partition coefficient (Wildman–Crippen LogP) is 2.19. The number of fused-ring (bicyclic) bond motifs is 1. The molecule has 1 fully saturated rings. The second-order valence-electron chi connectivity index (χ2n) is 7.89. The van der Waals surface area contributed by atoms with Crippen LogP contribution in [0.15, 0.2) is 20.3 Å². The molecule has 2 aliphatic rings. The molecule has 1 N–H and O–H groups in total. The molecule has 9 heteroatoms. The molecule has 0 radical (unpaired) electrons. The number of aromatic nitrogens is 3. The van der Waals surface area contributed by atoms with E-state index in [-0.39, 0.29) is 22.5 Å². The molecule has 2 aromatic heterocycles. The first-order chi connectivity index (χ1) is 13.3. The van der Waals surface area contributed by atoms with Crippen LogP contribution in [-0.4, -0.2) is 29.4 Å². The number of hydrogen-bond donors (Lipinski definition) is 1. The van der Waals surface area contributed by atoms with Crippen LogP contribution in [0.1, 0.15) is 67.3 Å². The third-order valence-electron chi connectivity index (χ3n) is 5.83. The fourth-order valence-electron chi connectivity index (χ4n) is 4.41. The van der Waals surface area contributed by atoms with Crippen molar-refractivity contribution < 1.29 is 12.9 Å². The molecule has 0 bridgehead atoms. The normalized spacial score (nSPS) is 22.8. The zero-order valence-corrected chi connectivity index (χ0v) is 17.1. The van der Waals surface area contributed by atoms with Crippen LogP contribution in [0, 0.1) is 13.8 Å². The van der Waals surface area contributed by atoms with E-state index in [0.717, 1.165) is 49.8 Å². The van der Waals surface area contributed by atoms with Gasteiger partial charge in [-0.25, -0.2) is 17.8 Å². The Morgan fingerprint density at radius 2 is 1.86 bits per heavy atom. The molecule has 2 aromatic rings.